The summed E-state index contributed by atoms with van der Waals surface area (Å²) in [5.74, 6) is 1.00. The van der Waals surface area contributed by atoms with Crippen molar-refractivity contribution in [1.29, 1.82) is 0 Å². The largest absolute Gasteiger partial charge is 0.493 e. The molecule has 20 heavy (non-hydrogen) atoms. The summed E-state index contributed by atoms with van der Waals surface area (Å²) < 4.78 is 6.01. The van der Waals surface area contributed by atoms with Crippen molar-refractivity contribution in [2.24, 2.45) is 5.73 Å². The van der Waals surface area contributed by atoms with Crippen LogP contribution >= 0.6 is 0 Å². The Morgan fingerprint density at radius 1 is 1.35 bits per heavy atom. The van der Waals surface area contributed by atoms with Crippen LogP contribution in [0.3, 0.4) is 0 Å². The molecule has 0 spiro atoms. The van der Waals surface area contributed by atoms with Crippen molar-refractivity contribution in [1.82, 2.24) is 4.90 Å². The summed E-state index contributed by atoms with van der Waals surface area (Å²) in [6.45, 7) is 4.06. The van der Waals surface area contributed by atoms with E-state index in [9.17, 15) is 0 Å². The van der Waals surface area contributed by atoms with Gasteiger partial charge in [0.15, 0.2) is 0 Å². The summed E-state index contributed by atoms with van der Waals surface area (Å²) in [7, 11) is 2.23. The topological polar surface area (TPSA) is 38.5 Å². The van der Waals surface area contributed by atoms with Gasteiger partial charge in [0.25, 0.3) is 0 Å². The highest BCUT2D eigenvalue weighted by Crippen LogP contribution is 2.21. The minimum Gasteiger partial charge on any atom is -0.493 e. The number of hydrogen-bond acceptors (Lipinski definition) is 3. The number of ether oxygens (including phenoxy) is 1. The molecule has 1 aromatic carbocycles. The Bertz CT molecular complexity index is 406. The third-order valence-corrected chi connectivity index (χ3v) is 4.14. The summed E-state index contributed by atoms with van der Waals surface area (Å²) >= 11 is 0. The molecule has 112 valence electrons. The average molecular weight is 276 g/mol. The van der Waals surface area contributed by atoms with Crippen LogP contribution in [0, 0.1) is 0 Å². The number of rotatable bonds is 6. The molecule has 0 aromatic heterocycles. The summed E-state index contributed by atoms with van der Waals surface area (Å²) in [5, 5.41) is 0. The van der Waals surface area contributed by atoms with Gasteiger partial charge in [-0.25, -0.2) is 0 Å². The van der Waals surface area contributed by atoms with Gasteiger partial charge in [-0.05, 0) is 57.8 Å². The molecule has 1 saturated heterocycles. The van der Waals surface area contributed by atoms with Crippen LogP contribution in [-0.4, -0.2) is 37.2 Å². The van der Waals surface area contributed by atoms with Gasteiger partial charge < -0.3 is 15.4 Å². The molecule has 0 bridgehead atoms. The Kier molecular flexibility index (Phi) is 5.86. The van der Waals surface area contributed by atoms with Gasteiger partial charge in [-0.2, -0.15) is 0 Å². The molecule has 2 rings (SSSR count). The van der Waals surface area contributed by atoms with Crippen molar-refractivity contribution in [2.45, 2.75) is 51.1 Å². The van der Waals surface area contributed by atoms with E-state index in [-0.39, 0.29) is 6.04 Å². The van der Waals surface area contributed by atoms with Gasteiger partial charge in [-0.3, -0.25) is 0 Å². The Morgan fingerprint density at radius 2 is 2.15 bits per heavy atom. The first-order valence-corrected chi connectivity index (χ1v) is 7.83. The molecule has 2 N–H and O–H groups in total. The number of benzene rings is 1. The number of hydrogen-bond donors (Lipinski definition) is 1. The molecular weight excluding hydrogens is 248 g/mol. The lowest BCUT2D eigenvalue weighted by Crippen LogP contribution is -2.37. The fourth-order valence-corrected chi connectivity index (χ4v) is 2.97. The van der Waals surface area contributed by atoms with Crippen LogP contribution in [0.15, 0.2) is 24.3 Å². The molecule has 0 amide bonds. The highest BCUT2D eigenvalue weighted by atomic mass is 16.5. The maximum absolute atomic E-state index is 6.01. The predicted octanol–water partition coefficient (Wildman–Crippen LogP) is 2.83. The zero-order valence-electron chi connectivity index (χ0n) is 12.8. The average Bonchev–Trinajstić information content (AvgIpc) is 2.42. The lowest BCUT2D eigenvalue weighted by molar-refractivity contribution is 0.153. The molecule has 1 aliphatic heterocycles. The smallest absolute Gasteiger partial charge is 0.122 e. The highest BCUT2D eigenvalue weighted by molar-refractivity contribution is 5.33. The minimum absolute atomic E-state index is 0.171. The molecule has 0 radical (unpaired) electrons. The number of likely N-dealkylation sites (tertiary alicyclic amines) is 1. The zero-order chi connectivity index (χ0) is 14.4. The van der Waals surface area contributed by atoms with Crippen molar-refractivity contribution in [2.75, 3.05) is 20.2 Å². The quantitative estimate of drug-likeness (QED) is 0.868. The van der Waals surface area contributed by atoms with Gasteiger partial charge in [-0.15, -0.1) is 0 Å². The lowest BCUT2D eigenvalue weighted by atomic mass is 10.0. The summed E-state index contributed by atoms with van der Waals surface area (Å²) in [4.78, 5) is 2.47. The molecule has 2 unspecified atom stereocenters. The number of piperidine rings is 1. The van der Waals surface area contributed by atoms with Gasteiger partial charge in [0.1, 0.15) is 5.75 Å². The molecule has 1 fully saturated rings. The van der Waals surface area contributed by atoms with E-state index in [0.29, 0.717) is 6.04 Å². The molecule has 0 aliphatic carbocycles. The first-order valence-electron chi connectivity index (χ1n) is 7.83. The molecular formula is C17H28N2O. The molecule has 3 nitrogen and oxygen atoms in total. The van der Waals surface area contributed by atoms with Crippen molar-refractivity contribution < 1.29 is 4.74 Å². The van der Waals surface area contributed by atoms with E-state index in [0.717, 1.165) is 25.2 Å². The summed E-state index contributed by atoms with van der Waals surface area (Å²) in [6.07, 6.45) is 5.99. The fraction of sp³-hybridized carbons (Fsp3) is 0.647. The van der Waals surface area contributed by atoms with Gasteiger partial charge in [0.05, 0.1) is 6.61 Å². The third kappa shape index (κ3) is 4.50. The Morgan fingerprint density at radius 3 is 2.90 bits per heavy atom. The Hall–Kier alpha value is -1.06. The van der Waals surface area contributed by atoms with E-state index in [1.54, 1.807) is 0 Å². The van der Waals surface area contributed by atoms with Crippen molar-refractivity contribution in [3.63, 3.8) is 0 Å². The second-order valence-electron chi connectivity index (χ2n) is 6.06. The maximum Gasteiger partial charge on any atom is 0.122 e. The second kappa shape index (κ2) is 7.65. The summed E-state index contributed by atoms with van der Waals surface area (Å²) in [6, 6.07) is 9.12. The van der Waals surface area contributed by atoms with Gasteiger partial charge in [0, 0.05) is 12.1 Å². The summed E-state index contributed by atoms with van der Waals surface area (Å²) in [5.41, 5.74) is 7.12. The molecule has 3 heteroatoms. The molecule has 2 atom stereocenters. The van der Waals surface area contributed by atoms with Crippen LogP contribution in [0.4, 0.5) is 0 Å². The number of para-hydroxylation sites is 1. The lowest BCUT2D eigenvalue weighted by Gasteiger charge is -2.32. The fourth-order valence-electron chi connectivity index (χ4n) is 2.97. The van der Waals surface area contributed by atoms with Crippen molar-refractivity contribution in [3.05, 3.63) is 29.8 Å². The highest BCUT2D eigenvalue weighted by Gasteiger charge is 2.18. The van der Waals surface area contributed by atoms with E-state index < -0.39 is 0 Å². The normalized spacial score (nSPS) is 21.6. The van der Waals surface area contributed by atoms with Crippen LogP contribution < -0.4 is 10.5 Å². The molecule has 1 aromatic rings. The van der Waals surface area contributed by atoms with E-state index in [1.807, 2.05) is 13.0 Å². The SMILES string of the molecule is CC(N)Cc1ccccc1OCCC1CCCCN1C. The van der Waals surface area contributed by atoms with Gasteiger partial charge in [-0.1, -0.05) is 24.6 Å². The van der Waals surface area contributed by atoms with E-state index >= 15 is 0 Å². The first-order chi connectivity index (χ1) is 9.66. The monoisotopic (exact) mass is 276 g/mol. The van der Waals surface area contributed by atoms with E-state index in [2.05, 4.69) is 30.1 Å². The van der Waals surface area contributed by atoms with Gasteiger partial charge >= 0.3 is 0 Å². The Labute approximate surface area is 123 Å². The standard InChI is InChI=1S/C17H28N2O/c1-14(18)13-15-7-3-4-9-17(15)20-12-10-16-8-5-6-11-19(16)2/h3-4,7,9,14,16H,5-6,8,10-13,18H2,1-2H3. The van der Waals surface area contributed by atoms with E-state index in [4.69, 9.17) is 10.5 Å². The zero-order valence-corrected chi connectivity index (χ0v) is 12.8. The van der Waals surface area contributed by atoms with Crippen LogP contribution in [0.1, 0.15) is 38.2 Å². The number of nitrogens with two attached hydrogens (primary N) is 1. The van der Waals surface area contributed by atoms with Crippen molar-refractivity contribution in [3.8, 4) is 5.75 Å². The van der Waals surface area contributed by atoms with Crippen LogP contribution in [0.5, 0.6) is 5.75 Å². The second-order valence-corrected chi connectivity index (χ2v) is 6.06. The molecule has 1 aliphatic rings. The molecule has 0 saturated carbocycles. The first kappa shape index (κ1) is 15.3. The van der Waals surface area contributed by atoms with E-state index in [1.165, 1.54) is 31.4 Å². The van der Waals surface area contributed by atoms with Crippen LogP contribution in [0.2, 0.25) is 0 Å². The number of nitrogens with zero attached hydrogens (tertiary/aromatic N) is 1. The van der Waals surface area contributed by atoms with Gasteiger partial charge in [0.2, 0.25) is 0 Å². The minimum atomic E-state index is 0.171. The van der Waals surface area contributed by atoms with Crippen LogP contribution in [0.25, 0.3) is 0 Å². The Balaban J connectivity index is 1.84. The maximum atomic E-state index is 6.01. The van der Waals surface area contributed by atoms with Crippen molar-refractivity contribution >= 4 is 0 Å². The van der Waals surface area contributed by atoms with Crippen LogP contribution in [-0.2, 0) is 6.42 Å². The third-order valence-electron chi connectivity index (χ3n) is 4.14. The predicted molar refractivity (Wildman–Crippen MR) is 84.2 cm³/mol. The molecule has 1 heterocycles.